The van der Waals surface area contributed by atoms with Crippen LogP contribution in [-0.2, 0) is 4.79 Å². The third-order valence-electron chi connectivity index (χ3n) is 4.47. The smallest absolute Gasteiger partial charge is 0.326 e. The maximum atomic E-state index is 12.3. The summed E-state index contributed by atoms with van der Waals surface area (Å²) in [7, 11) is 1.53. The van der Waals surface area contributed by atoms with Crippen LogP contribution in [0.15, 0.2) is 60.0 Å². The summed E-state index contributed by atoms with van der Waals surface area (Å²) in [6.45, 7) is 0. The molecule has 150 valence electrons. The van der Waals surface area contributed by atoms with Gasteiger partial charge in [-0.1, -0.05) is 12.1 Å². The maximum absolute atomic E-state index is 12.3. The first kappa shape index (κ1) is 19.4. The van der Waals surface area contributed by atoms with Gasteiger partial charge in [-0.05, 0) is 53.9 Å². The first-order chi connectivity index (χ1) is 14.5. The van der Waals surface area contributed by atoms with Gasteiger partial charge < -0.3 is 15.4 Å². The lowest BCUT2D eigenvalue weighted by molar-refractivity contribution is -0.110. The topological polar surface area (TPSA) is 96.5 Å². The van der Waals surface area contributed by atoms with Crippen molar-refractivity contribution in [3.05, 3.63) is 76.0 Å². The van der Waals surface area contributed by atoms with Crippen LogP contribution in [0.2, 0.25) is 0 Å². The fourth-order valence-electron chi connectivity index (χ4n) is 3.01. The van der Waals surface area contributed by atoms with Crippen molar-refractivity contribution < 1.29 is 19.1 Å². The fourth-order valence-corrected chi connectivity index (χ4v) is 3.67. The van der Waals surface area contributed by atoms with Gasteiger partial charge in [-0.2, -0.15) is 0 Å². The molecule has 7 nitrogen and oxygen atoms in total. The van der Waals surface area contributed by atoms with Crippen LogP contribution in [0.25, 0.3) is 11.6 Å². The van der Waals surface area contributed by atoms with E-state index in [9.17, 15) is 14.4 Å². The summed E-state index contributed by atoms with van der Waals surface area (Å²) in [5, 5.41) is 9.62. The molecule has 4 amide bonds. The average molecular weight is 419 g/mol. The van der Waals surface area contributed by atoms with Crippen LogP contribution < -0.4 is 20.7 Å². The summed E-state index contributed by atoms with van der Waals surface area (Å²) in [5.41, 5.74) is 2.70. The maximum Gasteiger partial charge on any atom is 0.326 e. The number of ether oxygens (including phenoxy) is 1. The predicted octanol–water partition coefficient (Wildman–Crippen LogP) is 4.21. The summed E-state index contributed by atoms with van der Waals surface area (Å²) < 4.78 is 5.05. The Kier molecular flexibility index (Phi) is 5.32. The summed E-state index contributed by atoms with van der Waals surface area (Å²) in [6, 6.07) is 14.7. The number of benzene rings is 2. The zero-order valence-corrected chi connectivity index (χ0v) is 16.7. The van der Waals surface area contributed by atoms with E-state index < -0.39 is 11.9 Å². The summed E-state index contributed by atoms with van der Waals surface area (Å²) in [4.78, 5) is 37.7. The molecule has 8 heteroatoms. The number of hydrogen-bond acceptors (Lipinski definition) is 5. The highest BCUT2D eigenvalue weighted by molar-refractivity contribution is 7.11. The largest absolute Gasteiger partial charge is 0.497 e. The van der Waals surface area contributed by atoms with E-state index in [4.69, 9.17) is 4.74 Å². The lowest BCUT2D eigenvalue weighted by atomic mass is 10.1. The fraction of sp³-hybridized carbons (Fsp3) is 0.0455. The lowest BCUT2D eigenvalue weighted by Crippen LogP contribution is -2.34. The number of hydrogen-bond donors (Lipinski definition) is 3. The van der Waals surface area contributed by atoms with Gasteiger partial charge in [0.25, 0.3) is 11.8 Å². The number of rotatable bonds is 4. The molecule has 4 rings (SSSR count). The van der Waals surface area contributed by atoms with E-state index in [1.807, 2.05) is 23.6 Å². The summed E-state index contributed by atoms with van der Waals surface area (Å²) in [6.07, 6.45) is 1.83. The number of amides is 4. The van der Waals surface area contributed by atoms with Gasteiger partial charge in [0, 0.05) is 21.7 Å². The number of carbonyl (C=O) groups excluding carboxylic acids is 3. The quantitative estimate of drug-likeness (QED) is 0.552. The molecule has 1 aliphatic rings. The molecule has 0 bridgehead atoms. The first-order valence-electron chi connectivity index (χ1n) is 9.01. The van der Waals surface area contributed by atoms with E-state index in [-0.39, 0.29) is 5.91 Å². The van der Waals surface area contributed by atoms with Crippen molar-refractivity contribution in [2.45, 2.75) is 0 Å². The number of urea groups is 1. The van der Waals surface area contributed by atoms with Gasteiger partial charge >= 0.3 is 6.03 Å². The van der Waals surface area contributed by atoms with Crippen LogP contribution in [0.1, 0.15) is 20.8 Å². The Morgan fingerprint density at radius 1 is 1.10 bits per heavy atom. The van der Waals surface area contributed by atoms with Gasteiger partial charge in [0.2, 0.25) is 0 Å². The number of anilines is 2. The number of fused-ring (bicyclic) bond motifs is 1. The van der Waals surface area contributed by atoms with Crippen LogP contribution in [0.5, 0.6) is 5.75 Å². The molecule has 0 fully saturated rings. The Hall–Kier alpha value is -3.91. The molecule has 30 heavy (non-hydrogen) atoms. The van der Waals surface area contributed by atoms with Crippen molar-refractivity contribution >= 4 is 52.2 Å². The van der Waals surface area contributed by atoms with Crippen LogP contribution in [0.4, 0.5) is 16.2 Å². The van der Waals surface area contributed by atoms with Gasteiger partial charge in [0.05, 0.1) is 18.4 Å². The van der Waals surface area contributed by atoms with E-state index in [0.717, 1.165) is 10.4 Å². The van der Waals surface area contributed by atoms with Crippen molar-refractivity contribution in [1.29, 1.82) is 0 Å². The molecule has 0 saturated carbocycles. The molecule has 0 unspecified atom stereocenters. The highest BCUT2D eigenvalue weighted by Crippen LogP contribution is 2.35. The Balaban J connectivity index is 1.44. The second-order valence-electron chi connectivity index (χ2n) is 6.42. The predicted molar refractivity (Wildman–Crippen MR) is 117 cm³/mol. The van der Waals surface area contributed by atoms with Crippen LogP contribution in [-0.4, -0.2) is 25.0 Å². The molecule has 1 aliphatic heterocycles. The zero-order chi connectivity index (χ0) is 21.1. The minimum absolute atomic E-state index is 0.199. The molecule has 2 heterocycles. The summed E-state index contributed by atoms with van der Waals surface area (Å²) in [5.74, 6) is -0.121. The molecule has 2 aromatic carbocycles. The van der Waals surface area contributed by atoms with Gasteiger partial charge in [0.1, 0.15) is 5.75 Å². The average Bonchev–Trinajstić information content (AvgIpc) is 3.36. The third-order valence-corrected chi connectivity index (χ3v) is 5.29. The van der Waals surface area contributed by atoms with E-state index in [1.165, 1.54) is 7.11 Å². The monoisotopic (exact) mass is 419 g/mol. The summed E-state index contributed by atoms with van der Waals surface area (Å²) >= 11 is 1.54. The standard InChI is InChI=1S/C22H17N3O4S/c1-29-15-7-4-13(5-8-15)20(26)25-22(28)23-14-6-9-17-18(12-16-3-2-10-30-16)21(27)24-19(17)11-14/h2-12H,1H3,(H,24,27)(H2,23,25,26,28). The third kappa shape index (κ3) is 4.08. The molecule has 3 N–H and O–H groups in total. The van der Waals surface area contributed by atoms with Gasteiger partial charge in [-0.15, -0.1) is 11.3 Å². The normalized spacial score (nSPS) is 13.5. The minimum Gasteiger partial charge on any atom is -0.497 e. The van der Waals surface area contributed by atoms with Crippen molar-refractivity contribution in [1.82, 2.24) is 5.32 Å². The molecule has 3 aromatic rings. The number of carbonyl (C=O) groups is 3. The first-order valence-corrected chi connectivity index (χ1v) is 9.89. The second-order valence-corrected chi connectivity index (χ2v) is 7.40. The lowest BCUT2D eigenvalue weighted by Gasteiger charge is -2.08. The van der Waals surface area contributed by atoms with Crippen molar-refractivity contribution in [2.24, 2.45) is 0 Å². The van der Waals surface area contributed by atoms with Crippen LogP contribution in [0.3, 0.4) is 0 Å². The van der Waals surface area contributed by atoms with E-state index in [0.29, 0.717) is 28.3 Å². The number of nitrogens with one attached hydrogen (secondary N) is 3. The van der Waals surface area contributed by atoms with E-state index in [1.54, 1.807) is 53.8 Å². The highest BCUT2D eigenvalue weighted by Gasteiger charge is 2.24. The van der Waals surface area contributed by atoms with Gasteiger partial charge in [-0.3, -0.25) is 14.9 Å². The zero-order valence-electron chi connectivity index (χ0n) is 15.9. The Morgan fingerprint density at radius 2 is 1.90 bits per heavy atom. The molecule has 0 radical (unpaired) electrons. The van der Waals surface area contributed by atoms with E-state index >= 15 is 0 Å². The molecule has 0 aliphatic carbocycles. The van der Waals surface area contributed by atoms with E-state index in [2.05, 4.69) is 16.0 Å². The number of imide groups is 1. The van der Waals surface area contributed by atoms with Crippen molar-refractivity contribution in [3.8, 4) is 5.75 Å². The highest BCUT2D eigenvalue weighted by atomic mass is 32.1. The molecule has 1 aromatic heterocycles. The number of thiophene rings is 1. The van der Waals surface area contributed by atoms with Crippen LogP contribution in [0, 0.1) is 0 Å². The van der Waals surface area contributed by atoms with Crippen LogP contribution >= 0.6 is 11.3 Å². The Bertz CT molecular complexity index is 1150. The number of methoxy groups -OCH3 is 1. The molecule has 0 atom stereocenters. The SMILES string of the molecule is COc1ccc(C(=O)NC(=O)Nc2ccc3c(c2)NC(=O)C3=Cc2cccs2)cc1. The van der Waals surface area contributed by atoms with Crippen molar-refractivity contribution in [2.75, 3.05) is 17.7 Å². The molecular formula is C22H17N3O4S. The second kappa shape index (κ2) is 8.22. The Morgan fingerprint density at radius 3 is 2.60 bits per heavy atom. The van der Waals surface area contributed by atoms with Gasteiger partial charge in [-0.25, -0.2) is 4.79 Å². The molecular weight excluding hydrogens is 402 g/mol. The molecule has 0 saturated heterocycles. The Labute approximate surface area is 176 Å². The van der Waals surface area contributed by atoms with Gasteiger partial charge in [0.15, 0.2) is 0 Å². The molecule has 0 spiro atoms. The van der Waals surface area contributed by atoms with Crippen molar-refractivity contribution in [3.63, 3.8) is 0 Å². The minimum atomic E-state index is -0.672.